The summed E-state index contributed by atoms with van der Waals surface area (Å²) < 4.78 is 0. The number of hydrogen-bond donors (Lipinski definition) is 2. The molecule has 29 heavy (non-hydrogen) atoms. The van der Waals surface area contributed by atoms with E-state index in [9.17, 15) is 10.2 Å². The summed E-state index contributed by atoms with van der Waals surface area (Å²) in [6, 6.07) is 8.23. The lowest BCUT2D eigenvalue weighted by Gasteiger charge is -2.39. The first-order chi connectivity index (χ1) is 13.0. The van der Waals surface area contributed by atoms with Crippen molar-refractivity contribution in [1.82, 2.24) is 0 Å². The first-order valence-electron chi connectivity index (χ1n) is 10.7. The summed E-state index contributed by atoms with van der Waals surface area (Å²) in [5, 5.41) is 21.3. The molecule has 0 bridgehead atoms. The molecule has 0 atom stereocenters. The van der Waals surface area contributed by atoms with Gasteiger partial charge in [0, 0.05) is 5.41 Å². The van der Waals surface area contributed by atoms with Crippen LogP contribution in [0, 0.1) is 19.8 Å². The maximum absolute atomic E-state index is 10.6. The number of hydrogen-bond acceptors (Lipinski definition) is 2. The van der Waals surface area contributed by atoms with E-state index >= 15 is 0 Å². The Kier molecular flexibility index (Phi) is 5.93. The first kappa shape index (κ1) is 23.3. The van der Waals surface area contributed by atoms with Gasteiger partial charge in [0.15, 0.2) is 0 Å². The summed E-state index contributed by atoms with van der Waals surface area (Å²) in [5.41, 5.74) is 6.06. The van der Waals surface area contributed by atoms with Crippen LogP contribution in [-0.2, 0) is 16.2 Å². The van der Waals surface area contributed by atoms with E-state index < -0.39 is 0 Å². The fourth-order valence-corrected chi connectivity index (χ4v) is 4.47. The molecule has 0 fully saturated rings. The van der Waals surface area contributed by atoms with Crippen molar-refractivity contribution < 1.29 is 10.2 Å². The summed E-state index contributed by atoms with van der Waals surface area (Å²) in [4.78, 5) is 0. The van der Waals surface area contributed by atoms with Crippen LogP contribution in [-0.4, -0.2) is 10.2 Å². The molecule has 0 aliphatic carbocycles. The molecule has 0 aromatic heterocycles. The molecule has 0 unspecified atom stereocenters. The van der Waals surface area contributed by atoms with Crippen LogP contribution in [0.3, 0.4) is 0 Å². The smallest absolute Gasteiger partial charge is 0.119 e. The van der Waals surface area contributed by atoms with E-state index in [1.165, 1.54) is 11.1 Å². The summed E-state index contributed by atoms with van der Waals surface area (Å²) in [6.45, 7) is 23.8. The van der Waals surface area contributed by atoms with Gasteiger partial charge < -0.3 is 10.2 Å². The standard InChI is InChI=1S/C27H40O2/c1-16(2)27(11,19-14-21(25(5,6)7)23(28)12-17(19)3)20-15-22(26(8,9)10)24(29)13-18(20)4/h12-16,28-29H,1-11H3. The van der Waals surface area contributed by atoms with E-state index in [0.29, 0.717) is 17.4 Å². The zero-order valence-corrected chi connectivity index (χ0v) is 20.3. The molecule has 2 aromatic rings. The van der Waals surface area contributed by atoms with Gasteiger partial charge in [-0.15, -0.1) is 0 Å². The number of benzene rings is 2. The van der Waals surface area contributed by atoms with Gasteiger partial charge in [-0.1, -0.05) is 74.4 Å². The van der Waals surface area contributed by atoms with Crippen LogP contribution in [0.25, 0.3) is 0 Å². The Morgan fingerprint density at radius 3 is 1.14 bits per heavy atom. The average molecular weight is 397 g/mol. The van der Waals surface area contributed by atoms with Crippen molar-refractivity contribution in [3.63, 3.8) is 0 Å². The van der Waals surface area contributed by atoms with E-state index in [1.54, 1.807) is 0 Å². The Labute approximate surface area is 178 Å². The van der Waals surface area contributed by atoms with Gasteiger partial charge in [0.1, 0.15) is 11.5 Å². The van der Waals surface area contributed by atoms with Crippen LogP contribution in [0.15, 0.2) is 24.3 Å². The number of aryl methyl sites for hydroxylation is 2. The molecular weight excluding hydrogens is 356 g/mol. The van der Waals surface area contributed by atoms with Crippen LogP contribution in [0.2, 0.25) is 0 Å². The van der Waals surface area contributed by atoms with Crippen LogP contribution in [0.1, 0.15) is 95.7 Å². The predicted molar refractivity (Wildman–Crippen MR) is 124 cm³/mol. The van der Waals surface area contributed by atoms with E-state index in [1.807, 2.05) is 12.1 Å². The van der Waals surface area contributed by atoms with Gasteiger partial charge >= 0.3 is 0 Å². The molecule has 0 radical (unpaired) electrons. The van der Waals surface area contributed by atoms with Gasteiger partial charge in [-0.3, -0.25) is 0 Å². The Bertz CT molecular complexity index is 836. The molecular formula is C27H40O2. The molecule has 2 N–H and O–H groups in total. The molecule has 160 valence electrons. The molecule has 0 heterocycles. The number of phenols is 2. The first-order valence-corrected chi connectivity index (χ1v) is 10.7. The van der Waals surface area contributed by atoms with Crippen LogP contribution in [0.4, 0.5) is 0 Å². The highest BCUT2D eigenvalue weighted by Crippen LogP contribution is 2.47. The van der Waals surface area contributed by atoms with Crippen LogP contribution < -0.4 is 0 Å². The van der Waals surface area contributed by atoms with Crippen LogP contribution >= 0.6 is 0 Å². The molecule has 2 aromatic carbocycles. The predicted octanol–water partition coefficient (Wildman–Crippen LogP) is 7.27. The van der Waals surface area contributed by atoms with E-state index in [4.69, 9.17) is 0 Å². The van der Waals surface area contributed by atoms with E-state index in [-0.39, 0.29) is 16.2 Å². The highest BCUT2D eigenvalue weighted by atomic mass is 16.3. The van der Waals surface area contributed by atoms with Crippen molar-refractivity contribution in [2.24, 2.45) is 5.92 Å². The van der Waals surface area contributed by atoms with Gasteiger partial charge in [-0.05, 0) is 76.1 Å². The largest absolute Gasteiger partial charge is 0.508 e. The molecule has 2 nitrogen and oxygen atoms in total. The van der Waals surface area contributed by atoms with Crippen molar-refractivity contribution in [2.75, 3.05) is 0 Å². The maximum atomic E-state index is 10.6. The molecule has 0 spiro atoms. The summed E-state index contributed by atoms with van der Waals surface area (Å²) in [7, 11) is 0. The minimum atomic E-state index is -0.254. The van der Waals surface area contributed by atoms with Gasteiger partial charge in [0.25, 0.3) is 0 Å². The van der Waals surface area contributed by atoms with Gasteiger partial charge in [-0.2, -0.15) is 0 Å². The molecule has 2 rings (SSSR count). The zero-order valence-electron chi connectivity index (χ0n) is 20.3. The van der Waals surface area contributed by atoms with Gasteiger partial charge in [-0.25, -0.2) is 0 Å². The fraction of sp³-hybridized carbons (Fsp3) is 0.556. The molecule has 0 aliphatic heterocycles. The van der Waals surface area contributed by atoms with E-state index in [0.717, 1.165) is 22.3 Å². The minimum absolute atomic E-state index is 0.148. The SMILES string of the molecule is Cc1cc(O)c(C(C)(C)C)cc1C(C)(c1cc(C(C)(C)C)c(O)cc1C)C(C)C. The third-order valence-electron chi connectivity index (χ3n) is 6.58. The lowest BCUT2D eigenvalue weighted by Crippen LogP contribution is -2.33. The number of phenolic OH excluding ortho intramolecular Hbond substituents is 2. The second kappa shape index (κ2) is 7.38. The lowest BCUT2D eigenvalue weighted by atomic mass is 9.64. The highest BCUT2D eigenvalue weighted by molar-refractivity contribution is 5.55. The normalized spacial score (nSPS) is 13.2. The van der Waals surface area contributed by atoms with Crippen molar-refractivity contribution in [3.8, 4) is 11.5 Å². The fourth-order valence-electron chi connectivity index (χ4n) is 4.47. The highest BCUT2D eigenvalue weighted by Gasteiger charge is 2.37. The van der Waals surface area contributed by atoms with Crippen molar-refractivity contribution in [2.45, 2.75) is 92.4 Å². The topological polar surface area (TPSA) is 40.5 Å². The lowest BCUT2D eigenvalue weighted by molar-refractivity contribution is 0.393. The Hall–Kier alpha value is -1.96. The average Bonchev–Trinajstić information content (AvgIpc) is 2.51. The second-order valence-corrected chi connectivity index (χ2v) is 11.2. The summed E-state index contributed by atoms with van der Waals surface area (Å²) in [5.74, 6) is 1.06. The van der Waals surface area contributed by atoms with Crippen molar-refractivity contribution in [1.29, 1.82) is 0 Å². The zero-order chi connectivity index (χ0) is 22.5. The Balaban J connectivity index is 2.91. The monoisotopic (exact) mass is 396 g/mol. The number of rotatable bonds is 3. The van der Waals surface area contributed by atoms with Crippen molar-refractivity contribution >= 4 is 0 Å². The molecule has 2 heteroatoms. The molecule has 0 amide bonds. The number of aromatic hydroxyl groups is 2. The maximum Gasteiger partial charge on any atom is 0.119 e. The Morgan fingerprint density at radius 1 is 0.586 bits per heavy atom. The summed E-state index contributed by atoms with van der Waals surface area (Å²) >= 11 is 0. The van der Waals surface area contributed by atoms with Gasteiger partial charge in [0.2, 0.25) is 0 Å². The molecule has 0 aliphatic rings. The van der Waals surface area contributed by atoms with E-state index in [2.05, 4.69) is 88.3 Å². The third kappa shape index (κ3) is 4.17. The minimum Gasteiger partial charge on any atom is -0.508 e. The Morgan fingerprint density at radius 2 is 0.897 bits per heavy atom. The molecule has 0 saturated carbocycles. The third-order valence-corrected chi connectivity index (χ3v) is 6.58. The van der Waals surface area contributed by atoms with Gasteiger partial charge in [0.05, 0.1) is 0 Å². The summed E-state index contributed by atoms with van der Waals surface area (Å²) in [6.07, 6.45) is 0. The van der Waals surface area contributed by atoms with Crippen molar-refractivity contribution in [3.05, 3.63) is 57.6 Å². The quantitative estimate of drug-likeness (QED) is 0.572. The van der Waals surface area contributed by atoms with Crippen LogP contribution in [0.5, 0.6) is 11.5 Å². The second-order valence-electron chi connectivity index (χ2n) is 11.2. The molecule has 0 saturated heterocycles.